The summed E-state index contributed by atoms with van der Waals surface area (Å²) in [6.45, 7) is 1.99. The van der Waals surface area contributed by atoms with E-state index in [4.69, 9.17) is 9.84 Å². The van der Waals surface area contributed by atoms with Gasteiger partial charge in [-0.1, -0.05) is 24.3 Å². The number of aryl methyl sites for hydroxylation is 1. The maximum absolute atomic E-state index is 11.1. The molecule has 0 aliphatic rings. The molecule has 4 nitrogen and oxygen atoms in total. The van der Waals surface area contributed by atoms with Gasteiger partial charge in [-0.25, -0.2) is 4.79 Å². The lowest BCUT2D eigenvalue weighted by molar-refractivity contribution is -0.131. The van der Waals surface area contributed by atoms with Crippen LogP contribution >= 0.6 is 0 Å². The van der Waals surface area contributed by atoms with Crippen molar-refractivity contribution in [3.63, 3.8) is 0 Å². The molecule has 1 unspecified atom stereocenters. The zero-order valence-electron chi connectivity index (χ0n) is 9.97. The van der Waals surface area contributed by atoms with E-state index in [0.717, 1.165) is 18.4 Å². The lowest BCUT2D eigenvalue weighted by Gasteiger charge is -2.08. The van der Waals surface area contributed by atoms with Crippen LogP contribution < -0.4 is 0 Å². The quantitative estimate of drug-likeness (QED) is 0.605. The normalized spacial score (nSPS) is 12.1. The fourth-order valence-electron chi connectivity index (χ4n) is 1.43. The number of methoxy groups -OCH3 is 1. The Bertz CT molecular complexity index is 394. The second-order valence-electron chi connectivity index (χ2n) is 3.92. The van der Waals surface area contributed by atoms with Gasteiger partial charge < -0.3 is 9.84 Å². The number of aliphatic carboxylic acids is 1. The van der Waals surface area contributed by atoms with Crippen LogP contribution in [0.1, 0.15) is 29.3 Å². The van der Waals surface area contributed by atoms with E-state index in [1.165, 1.54) is 0 Å². The van der Waals surface area contributed by atoms with Crippen LogP contribution in [0.2, 0.25) is 0 Å². The van der Waals surface area contributed by atoms with Crippen LogP contribution in [0.5, 0.6) is 0 Å². The number of carbonyl (C=O) groups excluding carboxylic acids is 1. The largest absolute Gasteiger partial charge is 0.475 e. The Hall–Kier alpha value is -1.68. The third kappa shape index (κ3) is 4.00. The Morgan fingerprint density at radius 3 is 2.35 bits per heavy atom. The number of ether oxygens (including phenoxy) is 1. The molecule has 1 atom stereocenters. The third-order valence-corrected chi connectivity index (χ3v) is 2.65. The van der Waals surface area contributed by atoms with Crippen LogP contribution in [0.15, 0.2) is 24.3 Å². The van der Waals surface area contributed by atoms with Crippen LogP contribution in [0, 0.1) is 0 Å². The molecule has 0 heterocycles. The van der Waals surface area contributed by atoms with Gasteiger partial charge in [-0.3, -0.25) is 4.79 Å². The summed E-state index contributed by atoms with van der Waals surface area (Å²) >= 11 is 0. The Kier molecular flexibility index (Phi) is 4.84. The number of ketones is 1. The summed E-state index contributed by atoms with van der Waals surface area (Å²) in [4.78, 5) is 21.6. The average Bonchev–Trinajstić information content (AvgIpc) is 2.35. The Morgan fingerprint density at radius 1 is 1.29 bits per heavy atom. The Balaban J connectivity index is 2.62. The maximum Gasteiger partial charge on any atom is 0.377 e. The van der Waals surface area contributed by atoms with E-state index >= 15 is 0 Å². The van der Waals surface area contributed by atoms with Gasteiger partial charge in [0, 0.05) is 12.7 Å². The lowest BCUT2D eigenvalue weighted by Crippen LogP contribution is -2.12. The van der Waals surface area contributed by atoms with Crippen molar-refractivity contribution in [3.05, 3.63) is 35.4 Å². The zero-order chi connectivity index (χ0) is 12.8. The molecule has 1 rings (SSSR count). The van der Waals surface area contributed by atoms with Gasteiger partial charge in [0.15, 0.2) is 0 Å². The second kappa shape index (κ2) is 6.15. The van der Waals surface area contributed by atoms with E-state index in [9.17, 15) is 9.59 Å². The summed E-state index contributed by atoms with van der Waals surface area (Å²) in [5.74, 6) is -2.30. The van der Waals surface area contributed by atoms with E-state index in [0.29, 0.717) is 0 Å². The second-order valence-corrected chi connectivity index (χ2v) is 3.92. The van der Waals surface area contributed by atoms with Gasteiger partial charge in [0.25, 0.3) is 5.78 Å². The summed E-state index contributed by atoms with van der Waals surface area (Å²) in [5, 5.41) is 8.55. The van der Waals surface area contributed by atoms with Crippen molar-refractivity contribution < 1.29 is 19.4 Å². The lowest BCUT2D eigenvalue weighted by atomic mass is 10.0. The summed E-state index contributed by atoms with van der Waals surface area (Å²) in [7, 11) is 1.67. The monoisotopic (exact) mass is 236 g/mol. The molecule has 0 saturated carbocycles. The molecule has 0 fully saturated rings. The standard InChI is InChI=1S/C13H16O4/c1-9(17-2)3-4-10-5-7-11(8-6-10)12(14)13(15)16/h5-9H,3-4H2,1-2H3,(H,15,16). The molecule has 0 radical (unpaired) electrons. The minimum Gasteiger partial charge on any atom is -0.475 e. The smallest absolute Gasteiger partial charge is 0.377 e. The van der Waals surface area contributed by atoms with Crippen molar-refractivity contribution in [2.75, 3.05) is 7.11 Å². The van der Waals surface area contributed by atoms with Gasteiger partial charge in [-0.15, -0.1) is 0 Å². The van der Waals surface area contributed by atoms with Crippen molar-refractivity contribution in [2.45, 2.75) is 25.9 Å². The van der Waals surface area contributed by atoms with Crippen molar-refractivity contribution in [1.29, 1.82) is 0 Å². The van der Waals surface area contributed by atoms with Crippen molar-refractivity contribution in [1.82, 2.24) is 0 Å². The zero-order valence-corrected chi connectivity index (χ0v) is 9.97. The van der Waals surface area contributed by atoms with E-state index < -0.39 is 11.8 Å². The Labute approximate surface area is 100 Å². The van der Waals surface area contributed by atoms with Gasteiger partial charge in [0.2, 0.25) is 0 Å². The number of carbonyl (C=O) groups is 2. The molecule has 17 heavy (non-hydrogen) atoms. The first kappa shape index (κ1) is 13.4. The third-order valence-electron chi connectivity index (χ3n) is 2.65. The SMILES string of the molecule is COC(C)CCc1ccc(C(=O)C(=O)O)cc1. The fraction of sp³-hybridized carbons (Fsp3) is 0.385. The van der Waals surface area contributed by atoms with Gasteiger partial charge in [0.1, 0.15) is 0 Å². The van der Waals surface area contributed by atoms with Crippen LogP contribution in [-0.2, 0) is 16.0 Å². The molecule has 0 aliphatic heterocycles. The number of carboxylic acids is 1. The molecule has 1 N–H and O–H groups in total. The first-order valence-corrected chi connectivity index (χ1v) is 5.44. The number of rotatable bonds is 6. The van der Waals surface area contributed by atoms with Crippen LogP contribution in [0.3, 0.4) is 0 Å². The van der Waals surface area contributed by atoms with Crippen LogP contribution in [0.25, 0.3) is 0 Å². The van der Waals surface area contributed by atoms with Gasteiger partial charge in [0.05, 0.1) is 6.10 Å². The summed E-state index contributed by atoms with van der Waals surface area (Å²) in [6, 6.07) is 6.64. The van der Waals surface area contributed by atoms with Crippen molar-refractivity contribution >= 4 is 11.8 Å². The maximum atomic E-state index is 11.1. The topological polar surface area (TPSA) is 63.6 Å². The van der Waals surface area contributed by atoms with Crippen molar-refractivity contribution in [3.8, 4) is 0 Å². The molecular formula is C13H16O4. The van der Waals surface area contributed by atoms with E-state index in [2.05, 4.69) is 0 Å². The number of hydrogen-bond acceptors (Lipinski definition) is 3. The molecule has 0 bridgehead atoms. The highest BCUT2D eigenvalue weighted by Crippen LogP contribution is 2.09. The van der Waals surface area contributed by atoms with E-state index in [1.807, 2.05) is 6.92 Å². The molecule has 0 saturated heterocycles. The molecule has 1 aromatic rings. The molecule has 92 valence electrons. The minimum atomic E-state index is -1.43. The molecular weight excluding hydrogens is 220 g/mol. The highest BCUT2D eigenvalue weighted by molar-refractivity contribution is 6.39. The molecule has 4 heteroatoms. The van der Waals surface area contributed by atoms with Crippen molar-refractivity contribution in [2.24, 2.45) is 0 Å². The highest BCUT2D eigenvalue weighted by Gasteiger charge is 2.13. The van der Waals surface area contributed by atoms with Gasteiger partial charge in [-0.2, -0.15) is 0 Å². The van der Waals surface area contributed by atoms with Gasteiger partial charge >= 0.3 is 5.97 Å². The first-order chi connectivity index (χ1) is 8.04. The van der Waals surface area contributed by atoms with Crippen LogP contribution in [-0.4, -0.2) is 30.1 Å². The number of carboxylic acid groups (broad SMARTS) is 1. The number of benzene rings is 1. The first-order valence-electron chi connectivity index (χ1n) is 5.44. The van der Waals surface area contributed by atoms with E-state index in [-0.39, 0.29) is 11.7 Å². The molecule has 0 aliphatic carbocycles. The summed E-state index contributed by atoms with van der Waals surface area (Å²) < 4.78 is 5.13. The molecule has 0 spiro atoms. The van der Waals surface area contributed by atoms with Crippen LogP contribution in [0.4, 0.5) is 0 Å². The molecule has 0 aromatic heterocycles. The van der Waals surface area contributed by atoms with E-state index in [1.54, 1.807) is 31.4 Å². The minimum absolute atomic E-state index is 0.190. The average molecular weight is 236 g/mol. The summed E-state index contributed by atoms with van der Waals surface area (Å²) in [6.07, 6.45) is 1.93. The summed E-state index contributed by atoms with van der Waals surface area (Å²) in [5.41, 5.74) is 1.27. The predicted octanol–water partition coefficient (Wildman–Crippen LogP) is 1.92. The molecule has 1 aromatic carbocycles. The number of Topliss-reactive ketones (excluding diaryl/α,β-unsaturated/α-hetero) is 1. The van der Waals surface area contributed by atoms with Gasteiger partial charge in [-0.05, 0) is 25.3 Å². The highest BCUT2D eigenvalue weighted by atomic mass is 16.5. The fourth-order valence-corrected chi connectivity index (χ4v) is 1.43. The predicted molar refractivity (Wildman–Crippen MR) is 63.2 cm³/mol. The Morgan fingerprint density at radius 2 is 1.88 bits per heavy atom. The number of hydrogen-bond donors (Lipinski definition) is 1. The molecule has 0 amide bonds.